The molecule has 27 heavy (non-hydrogen) atoms. The van der Waals surface area contributed by atoms with Crippen LogP contribution in [-0.2, 0) is 10.0 Å². The molecule has 2 N–H and O–H groups in total. The molecule has 7 nitrogen and oxygen atoms in total. The molecule has 0 amide bonds. The van der Waals surface area contributed by atoms with Crippen molar-refractivity contribution in [1.82, 2.24) is 14.3 Å². The van der Waals surface area contributed by atoms with Crippen molar-refractivity contribution in [3.8, 4) is 0 Å². The lowest BCUT2D eigenvalue weighted by atomic mass is 9.84. The second-order valence-corrected chi connectivity index (χ2v) is 9.61. The van der Waals surface area contributed by atoms with Crippen LogP contribution in [0, 0.1) is 5.92 Å². The fourth-order valence-corrected chi connectivity index (χ4v) is 6.16. The number of hydrogen-bond donors (Lipinski definition) is 2. The highest BCUT2D eigenvalue weighted by atomic mass is 32.2. The van der Waals surface area contributed by atoms with Gasteiger partial charge in [-0.3, -0.25) is 9.59 Å². The van der Waals surface area contributed by atoms with Gasteiger partial charge in [0.25, 0.3) is 0 Å². The van der Waals surface area contributed by atoms with Crippen LogP contribution in [-0.4, -0.2) is 34.8 Å². The van der Waals surface area contributed by atoms with Gasteiger partial charge >= 0.3 is 11.1 Å². The Labute approximate surface area is 157 Å². The van der Waals surface area contributed by atoms with Crippen LogP contribution in [0.25, 0.3) is 11.0 Å². The zero-order valence-corrected chi connectivity index (χ0v) is 16.2. The number of sulfonamides is 1. The number of fused-ring (bicyclic) bond motifs is 1. The zero-order valence-electron chi connectivity index (χ0n) is 15.4. The first kappa shape index (κ1) is 18.4. The normalized spacial score (nSPS) is 23.8. The smallest absolute Gasteiger partial charge is 0.314 e. The SMILES string of the molecule is CCC1CCC(N(C2CC2)S(=O)(=O)c2ccc3[nH]c(=O)c(=O)[nH]c3c2)CC1. The predicted molar refractivity (Wildman–Crippen MR) is 103 cm³/mol. The van der Waals surface area contributed by atoms with Crippen LogP contribution in [0.15, 0.2) is 32.7 Å². The van der Waals surface area contributed by atoms with Crippen molar-refractivity contribution in [3.63, 3.8) is 0 Å². The average Bonchev–Trinajstić information content (AvgIpc) is 3.47. The predicted octanol–water partition coefficient (Wildman–Crippen LogP) is 2.34. The second-order valence-electron chi connectivity index (χ2n) is 7.76. The maximum absolute atomic E-state index is 13.4. The number of hydrogen-bond acceptors (Lipinski definition) is 4. The number of aromatic amines is 2. The monoisotopic (exact) mass is 391 g/mol. The van der Waals surface area contributed by atoms with E-state index in [2.05, 4.69) is 16.9 Å². The van der Waals surface area contributed by atoms with Gasteiger partial charge in [-0.1, -0.05) is 13.3 Å². The van der Waals surface area contributed by atoms with Crippen LogP contribution in [0.2, 0.25) is 0 Å². The highest BCUT2D eigenvalue weighted by Gasteiger charge is 2.43. The summed E-state index contributed by atoms with van der Waals surface area (Å²) < 4.78 is 28.6. The molecule has 2 aliphatic carbocycles. The third-order valence-corrected chi connectivity index (χ3v) is 7.93. The molecular formula is C19H25N3O4S. The quantitative estimate of drug-likeness (QED) is 0.764. The first-order chi connectivity index (χ1) is 12.9. The summed E-state index contributed by atoms with van der Waals surface area (Å²) in [6, 6.07) is 4.64. The third-order valence-electron chi connectivity index (χ3n) is 5.93. The highest BCUT2D eigenvalue weighted by Crippen LogP contribution is 2.39. The Morgan fingerprint density at radius 3 is 2.04 bits per heavy atom. The number of aromatic nitrogens is 2. The maximum atomic E-state index is 13.4. The average molecular weight is 391 g/mol. The second kappa shape index (κ2) is 6.91. The summed E-state index contributed by atoms with van der Waals surface area (Å²) in [7, 11) is -3.66. The van der Waals surface area contributed by atoms with Gasteiger partial charge in [-0.2, -0.15) is 4.31 Å². The lowest BCUT2D eigenvalue weighted by Crippen LogP contribution is -2.43. The van der Waals surface area contributed by atoms with Crippen molar-refractivity contribution in [2.45, 2.75) is 68.8 Å². The van der Waals surface area contributed by atoms with Crippen molar-refractivity contribution >= 4 is 21.1 Å². The summed E-state index contributed by atoms with van der Waals surface area (Å²) in [4.78, 5) is 28.1. The summed E-state index contributed by atoms with van der Waals surface area (Å²) in [5.41, 5.74) is -0.787. The molecule has 1 aromatic heterocycles. The molecule has 0 aliphatic heterocycles. The molecule has 2 aromatic rings. The van der Waals surface area contributed by atoms with Gasteiger partial charge in [0, 0.05) is 12.1 Å². The largest absolute Gasteiger partial charge is 0.316 e. The minimum atomic E-state index is -3.66. The van der Waals surface area contributed by atoms with Gasteiger partial charge < -0.3 is 9.97 Å². The van der Waals surface area contributed by atoms with Crippen LogP contribution < -0.4 is 11.1 Å². The van der Waals surface area contributed by atoms with E-state index in [0.717, 1.165) is 44.9 Å². The molecule has 0 saturated heterocycles. The topological polar surface area (TPSA) is 103 Å². The summed E-state index contributed by atoms with van der Waals surface area (Å²) in [6.45, 7) is 2.20. The number of H-pyrrole nitrogens is 2. The Morgan fingerprint density at radius 1 is 0.926 bits per heavy atom. The standard InChI is InChI=1S/C19H25N3O4S/c1-2-12-3-5-13(6-4-12)22(14-7-8-14)27(25,26)15-9-10-16-17(11-15)21-19(24)18(23)20-16/h9-14H,2-8H2,1H3,(H,20,23)(H,21,24). The van der Waals surface area contributed by atoms with Gasteiger partial charge in [-0.05, 0) is 62.6 Å². The van der Waals surface area contributed by atoms with E-state index in [1.165, 1.54) is 12.1 Å². The molecule has 0 spiro atoms. The van der Waals surface area contributed by atoms with Crippen molar-refractivity contribution in [2.75, 3.05) is 0 Å². The first-order valence-electron chi connectivity index (χ1n) is 9.70. The molecule has 0 unspecified atom stereocenters. The fraction of sp³-hybridized carbons (Fsp3) is 0.579. The van der Waals surface area contributed by atoms with Crippen LogP contribution in [0.1, 0.15) is 51.9 Å². The van der Waals surface area contributed by atoms with E-state index in [-0.39, 0.29) is 17.0 Å². The van der Waals surface area contributed by atoms with Crippen LogP contribution >= 0.6 is 0 Å². The molecule has 8 heteroatoms. The Bertz CT molecular complexity index is 1060. The van der Waals surface area contributed by atoms with E-state index in [1.807, 2.05) is 0 Å². The number of nitrogens with zero attached hydrogens (tertiary/aromatic N) is 1. The minimum Gasteiger partial charge on any atom is -0.316 e. The molecule has 1 heterocycles. The molecule has 2 aliphatic rings. The molecule has 0 bridgehead atoms. The molecular weight excluding hydrogens is 366 g/mol. The van der Waals surface area contributed by atoms with Gasteiger partial charge in [0.05, 0.1) is 15.9 Å². The summed E-state index contributed by atoms with van der Waals surface area (Å²) in [5, 5.41) is 0. The van der Waals surface area contributed by atoms with Crippen molar-refractivity contribution in [2.24, 2.45) is 5.92 Å². The molecule has 2 saturated carbocycles. The lowest BCUT2D eigenvalue weighted by molar-refractivity contribution is 0.206. The Hall–Kier alpha value is -1.93. The fourth-order valence-electron chi connectivity index (χ4n) is 4.20. The minimum absolute atomic E-state index is 0.0515. The lowest BCUT2D eigenvalue weighted by Gasteiger charge is -2.36. The number of rotatable bonds is 5. The Kier molecular flexibility index (Phi) is 4.71. The van der Waals surface area contributed by atoms with E-state index in [0.29, 0.717) is 17.0 Å². The van der Waals surface area contributed by atoms with E-state index in [9.17, 15) is 18.0 Å². The number of nitrogens with one attached hydrogen (secondary N) is 2. The first-order valence-corrected chi connectivity index (χ1v) is 11.1. The summed E-state index contributed by atoms with van der Waals surface area (Å²) >= 11 is 0. The Morgan fingerprint density at radius 2 is 1.48 bits per heavy atom. The van der Waals surface area contributed by atoms with Gasteiger partial charge in [0.15, 0.2) is 0 Å². The molecule has 1 aromatic carbocycles. The highest BCUT2D eigenvalue weighted by molar-refractivity contribution is 7.89. The van der Waals surface area contributed by atoms with Crippen molar-refractivity contribution in [3.05, 3.63) is 38.9 Å². The third kappa shape index (κ3) is 3.48. The summed E-state index contributed by atoms with van der Waals surface area (Å²) in [6.07, 6.45) is 6.94. The van der Waals surface area contributed by atoms with Gasteiger partial charge in [0.1, 0.15) is 0 Å². The van der Waals surface area contributed by atoms with E-state index in [4.69, 9.17) is 0 Å². The zero-order chi connectivity index (χ0) is 19.2. The van der Waals surface area contributed by atoms with E-state index >= 15 is 0 Å². The molecule has 0 atom stereocenters. The van der Waals surface area contributed by atoms with Gasteiger partial charge in [-0.15, -0.1) is 0 Å². The number of benzene rings is 1. The van der Waals surface area contributed by atoms with Crippen LogP contribution in [0.3, 0.4) is 0 Å². The molecule has 2 fully saturated rings. The van der Waals surface area contributed by atoms with Gasteiger partial charge in [-0.25, -0.2) is 8.42 Å². The molecule has 0 radical (unpaired) electrons. The Balaban J connectivity index is 1.70. The maximum Gasteiger partial charge on any atom is 0.314 e. The molecule has 4 rings (SSSR count). The van der Waals surface area contributed by atoms with Crippen LogP contribution in [0.5, 0.6) is 0 Å². The van der Waals surface area contributed by atoms with Gasteiger partial charge in [0.2, 0.25) is 10.0 Å². The van der Waals surface area contributed by atoms with Crippen molar-refractivity contribution in [1.29, 1.82) is 0 Å². The van der Waals surface area contributed by atoms with E-state index < -0.39 is 21.1 Å². The van der Waals surface area contributed by atoms with E-state index in [1.54, 1.807) is 10.4 Å². The van der Waals surface area contributed by atoms with Crippen LogP contribution in [0.4, 0.5) is 0 Å². The molecule has 146 valence electrons. The van der Waals surface area contributed by atoms with Crippen molar-refractivity contribution < 1.29 is 8.42 Å². The summed E-state index contributed by atoms with van der Waals surface area (Å²) in [5.74, 6) is 0.701.